The molecule has 1 aromatic rings. The molecule has 1 rings (SSSR count). The summed E-state index contributed by atoms with van der Waals surface area (Å²) in [6.07, 6.45) is 0.713. The molecule has 0 unspecified atom stereocenters. The van der Waals surface area contributed by atoms with Gasteiger partial charge in [-0.15, -0.1) is 0 Å². The predicted molar refractivity (Wildman–Crippen MR) is 81.1 cm³/mol. The molecule has 0 saturated carbocycles. The van der Waals surface area contributed by atoms with Gasteiger partial charge in [-0.05, 0) is 32.3 Å². The maximum absolute atomic E-state index is 12.0. The number of rotatable bonds is 6. The second-order valence-corrected chi connectivity index (χ2v) is 6.19. The van der Waals surface area contributed by atoms with E-state index in [0.717, 1.165) is 5.56 Å². The van der Waals surface area contributed by atoms with Crippen LogP contribution in [0.1, 0.15) is 52.0 Å². The molecule has 0 aliphatic heterocycles. The van der Waals surface area contributed by atoms with E-state index in [1.54, 1.807) is 32.9 Å². The van der Waals surface area contributed by atoms with Crippen LogP contribution in [0, 0.1) is 5.92 Å². The van der Waals surface area contributed by atoms with Gasteiger partial charge in [-0.2, -0.15) is 0 Å². The van der Waals surface area contributed by atoms with Crippen LogP contribution in [0.25, 0.3) is 0 Å². The van der Waals surface area contributed by atoms with E-state index in [4.69, 9.17) is 4.74 Å². The number of carboxylic acids is 1. The molecule has 0 heterocycles. The molecule has 2 atom stereocenters. The van der Waals surface area contributed by atoms with E-state index in [1.807, 2.05) is 25.1 Å². The van der Waals surface area contributed by atoms with Gasteiger partial charge in [-0.25, -0.2) is 0 Å². The normalized spacial score (nSPS) is 14.3. The highest BCUT2D eigenvalue weighted by atomic mass is 16.6. The van der Waals surface area contributed by atoms with E-state index in [0.29, 0.717) is 6.42 Å². The first-order chi connectivity index (χ1) is 9.74. The standard InChI is InChI=1S/C17H24O4/c1-5-12(11-14(18)21-17(2,3)4)15(16(19)20)13-9-7-6-8-10-13/h6-10,12,15H,5,11H2,1-4H3,(H,19,20)/t12-,15+/m0/s1. The molecule has 0 aromatic heterocycles. The highest BCUT2D eigenvalue weighted by Crippen LogP contribution is 2.31. The molecular weight excluding hydrogens is 268 g/mol. The zero-order valence-corrected chi connectivity index (χ0v) is 13.1. The largest absolute Gasteiger partial charge is 0.481 e. The van der Waals surface area contributed by atoms with Crippen LogP contribution in [0.2, 0.25) is 0 Å². The Morgan fingerprint density at radius 3 is 2.19 bits per heavy atom. The molecule has 0 spiro atoms. The fourth-order valence-electron chi connectivity index (χ4n) is 2.37. The van der Waals surface area contributed by atoms with Crippen molar-refractivity contribution in [2.45, 2.75) is 52.1 Å². The highest BCUT2D eigenvalue weighted by Gasteiger charge is 2.31. The predicted octanol–water partition coefficient (Wildman–Crippen LogP) is 3.61. The Morgan fingerprint density at radius 1 is 1.19 bits per heavy atom. The van der Waals surface area contributed by atoms with E-state index in [-0.39, 0.29) is 18.3 Å². The van der Waals surface area contributed by atoms with Crippen LogP contribution in [0.4, 0.5) is 0 Å². The quantitative estimate of drug-likeness (QED) is 0.813. The lowest BCUT2D eigenvalue weighted by Gasteiger charge is -2.25. The van der Waals surface area contributed by atoms with Gasteiger partial charge in [0.2, 0.25) is 0 Å². The van der Waals surface area contributed by atoms with Gasteiger partial charge < -0.3 is 9.84 Å². The van der Waals surface area contributed by atoms with Crippen molar-refractivity contribution in [2.24, 2.45) is 5.92 Å². The second-order valence-electron chi connectivity index (χ2n) is 6.19. The molecule has 0 saturated heterocycles. The van der Waals surface area contributed by atoms with Gasteiger partial charge in [0.15, 0.2) is 0 Å². The van der Waals surface area contributed by atoms with Gasteiger partial charge in [-0.3, -0.25) is 9.59 Å². The number of hydrogen-bond acceptors (Lipinski definition) is 3. The molecule has 0 aliphatic rings. The van der Waals surface area contributed by atoms with Gasteiger partial charge in [0.25, 0.3) is 0 Å². The Labute approximate surface area is 126 Å². The van der Waals surface area contributed by atoms with Crippen molar-refractivity contribution in [3.05, 3.63) is 35.9 Å². The van der Waals surface area contributed by atoms with Gasteiger partial charge in [0.05, 0.1) is 5.92 Å². The number of benzene rings is 1. The molecule has 1 aromatic carbocycles. The number of aliphatic carboxylic acids is 1. The smallest absolute Gasteiger partial charge is 0.311 e. The van der Waals surface area contributed by atoms with E-state index in [9.17, 15) is 14.7 Å². The fourth-order valence-corrected chi connectivity index (χ4v) is 2.37. The molecule has 1 N–H and O–H groups in total. The Morgan fingerprint density at radius 2 is 1.76 bits per heavy atom. The second kappa shape index (κ2) is 7.25. The molecule has 116 valence electrons. The zero-order chi connectivity index (χ0) is 16.0. The number of carbonyl (C=O) groups is 2. The van der Waals surface area contributed by atoms with Crippen molar-refractivity contribution in [2.75, 3.05) is 0 Å². The third-order valence-electron chi connectivity index (χ3n) is 3.27. The minimum Gasteiger partial charge on any atom is -0.481 e. The van der Waals surface area contributed by atoms with Crippen LogP contribution < -0.4 is 0 Å². The Kier molecular flexibility index (Phi) is 5.94. The van der Waals surface area contributed by atoms with Crippen LogP contribution in [0.5, 0.6) is 0 Å². The number of carbonyl (C=O) groups excluding carboxylic acids is 1. The summed E-state index contributed by atoms with van der Waals surface area (Å²) in [5.74, 6) is -2.23. The molecule has 21 heavy (non-hydrogen) atoms. The molecule has 0 fully saturated rings. The maximum Gasteiger partial charge on any atom is 0.311 e. The van der Waals surface area contributed by atoms with Crippen molar-refractivity contribution in [3.63, 3.8) is 0 Å². The van der Waals surface area contributed by atoms with E-state index in [2.05, 4.69) is 0 Å². The first-order valence-corrected chi connectivity index (χ1v) is 7.24. The van der Waals surface area contributed by atoms with Crippen molar-refractivity contribution in [3.8, 4) is 0 Å². The van der Waals surface area contributed by atoms with Crippen molar-refractivity contribution in [1.29, 1.82) is 0 Å². The van der Waals surface area contributed by atoms with Gasteiger partial charge in [-0.1, -0.05) is 43.7 Å². The molecule has 0 aliphatic carbocycles. The Hall–Kier alpha value is -1.84. The van der Waals surface area contributed by atoms with Crippen molar-refractivity contribution in [1.82, 2.24) is 0 Å². The highest BCUT2D eigenvalue weighted by molar-refractivity contribution is 5.78. The monoisotopic (exact) mass is 292 g/mol. The zero-order valence-electron chi connectivity index (χ0n) is 13.1. The fraction of sp³-hybridized carbons (Fsp3) is 0.529. The minimum absolute atomic E-state index is 0.111. The number of esters is 1. The summed E-state index contributed by atoms with van der Waals surface area (Å²) in [4.78, 5) is 23.6. The Bertz CT molecular complexity index is 473. The van der Waals surface area contributed by atoms with Crippen LogP contribution in [-0.4, -0.2) is 22.6 Å². The van der Waals surface area contributed by atoms with Gasteiger partial charge in [0.1, 0.15) is 5.60 Å². The van der Waals surface area contributed by atoms with E-state index in [1.165, 1.54) is 0 Å². The van der Waals surface area contributed by atoms with E-state index < -0.39 is 17.5 Å². The summed E-state index contributed by atoms with van der Waals surface area (Å²) in [7, 11) is 0. The summed E-state index contributed by atoms with van der Waals surface area (Å²) in [6, 6.07) is 9.04. The minimum atomic E-state index is -0.906. The van der Waals surface area contributed by atoms with Crippen LogP contribution >= 0.6 is 0 Å². The van der Waals surface area contributed by atoms with E-state index >= 15 is 0 Å². The SMILES string of the molecule is CC[C@@H](CC(=O)OC(C)(C)C)[C@@H](C(=O)O)c1ccccc1. The molecule has 4 nitrogen and oxygen atoms in total. The van der Waals surface area contributed by atoms with Crippen LogP contribution in [-0.2, 0) is 14.3 Å². The molecule has 4 heteroatoms. The van der Waals surface area contributed by atoms with Crippen LogP contribution in [0.3, 0.4) is 0 Å². The van der Waals surface area contributed by atoms with Gasteiger partial charge in [0, 0.05) is 6.42 Å². The summed E-state index contributed by atoms with van der Waals surface area (Å²) >= 11 is 0. The summed E-state index contributed by atoms with van der Waals surface area (Å²) in [6.45, 7) is 7.31. The Balaban J connectivity index is 2.89. The third kappa shape index (κ3) is 5.58. The lowest BCUT2D eigenvalue weighted by atomic mass is 9.82. The molecular formula is C17H24O4. The van der Waals surface area contributed by atoms with Crippen molar-refractivity contribution < 1.29 is 19.4 Å². The first kappa shape index (κ1) is 17.2. The van der Waals surface area contributed by atoms with Crippen LogP contribution in [0.15, 0.2) is 30.3 Å². The first-order valence-electron chi connectivity index (χ1n) is 7.24. The average molecular weight is 292 g/mol. The molecule has 0 amide bonds. The summed E-state index contributed by atoms with van der Waals surface area (Å²) in [5, 5.41) is 9.52. The van der Waals surface area contributed by atoms with Crippen molar-refractivity contribution >= 4 is 11.9 Å². The molecule has 0 bridgehead atoms. The summed E-state index contributed by atoms with van der Waals surface area (Å²) in [5.41, 5.74) is 0.168. The third-order valence-corrected chi connectivity index (χ3v) is 3.27. The topological polar surface area (TPSA) is 63.6 Å². The number of carboxylic acid groups (broad SMARTS) is 1. The molecule has 0 radical (unpaired) electrons. The lowest BCUT2D eigenvalue weighted by molar-refractivity contribution is -0.156. The maximum atomic E-state index is 12.0. The summed E-state index contributed by atoms with van der Waals surface area (Å²) < 4.78 is 5.30. The number of hydrogen-bond donors (Lipinski definition) is 1. The lowest BCUT2D eigenvalue weighted by Crippen LogP contribution is -2.28. The average Bonchev–Trinajstić information content (AvgIpc) is 2.36. The van der Waals surface area contributed by atoms with Gasteiger partial charge >= 0.3 is 11.9 Å². The number of ether oxygens (including phenoxy) is 1.